The van der Waals surface area contributed by atoms with Crippen LogP contribution in [0.2, 0.25) is 0 Å². The van der Waals surface area contributed by atoms with Crippen LogP contribution < -0.4 is 14.8 Å². The van der Waals surface area contributed by atoms with Gasteiger partial charge in [-0.25, -0.2) is 0 Å². The molecule has 0 bridgehead atoms. The van der Waals surface area contributed by atoms with Gasteiger partial charge < -0.3 is 29.0 Å². The molecule has 0 aliphatic rings. The molecule has 31 heavy (non-hydrogen) atoms. The molecule has 0 saturated heterocycles. The predicted molar refractivity (Wildman–Crippen MR) is 123 cm³/mol. The van der Waals surface area contributed by atoms with Crippen molar-refractivity contribution in [1.82, 2.24) is 5.32 Å². The number of hydrogen-bond acceptors (Lipinski definition) is 6. The van der Waals surface area contributed by atoms with Crippen molar-refractivity contribution in [3.63, 3.8) is 0 Å². The van der Waals surface area contributed by atoms with Crippen molar-refractivity contribution in [3.05, 3.63) is 59.7 Å². The van der Waals surface area contributed by atoms with Gasteiger partial charge in [-0.05, 0) is 30.3 Å². The smallest absolute Gasteiger partial charge is 0.146 e. The van der Waals surface area contributed by atoms with Crippen molar-refractivity contribution >= 4 is 0 Å². The van der Waals surface area contributed by atoms with Gasteiger partial charge >= 0.3 is 0 Å². The lowest BCUT2D eigenvalue weighted by Gasteiger charge is -2.25. The van der Waals surface area contributed by atoms with Crippen LogP contribution in [0.25, 0.3) is 0 Å². The highest BCUT2D eigenvalue weighted by atomic mass is 16.7. The molecule has 0 heterocycles. The maximum atomic E-state index is 5.86. The number of para-hydroxylation sites is 1. The van der Waals surface area contributed by atoms with E-state index in [-0.39, 0.29) is 12.0 Å². The molecule has 2 aromatic carbocycles. The average Bonchev–Trinajstić information content (AvgIpc) is 2.81. The third kappa shape index (κ3) is 8.87. The highest BCUT2D eigenvalue weighted by molar-refractivity contribution is 5.32. The van der Waals surface area contributed by atoms with Gasteiger partial charge in [0, 0.05) is 31.6 Å². The van der Waals surface area contributed by atoms with Gasteiger partial charge in [-0.1, -0.05) is 44.2 Å². The molecule has 2 unspecified atom stereocenters. The first-order valence-electron chi connectivity index (χ1n) is 10.9. The lowest BCUT2D eigenvalue weighted by atomic mass is 9.95. The molecule has 2 atom stereocenters. The first kappa shape index (κ1) is 25.1. The van der Waals surface area contributed by atoms with E-state index in [1.54, 1.807) is 14.2 Å². The molecule has 6 heteroatoms. The molecule has 0 radical (unpaired) electrons. The van der Waals surface area contributed by atoms with Crippen molar-refractivity contribution in [2.24, 2.45) is 0 Å². The maximum absolute atomic E-state index is 5.86. The Morgan fingerprint density at radius 3 is 2.45 bits per heavy atom. The van der Waals surface area contributed by atoms with E-state index < -0.39 is 0 Å². The summed E-state index contributed by atoms with van der Waals surface area (Å²) in [7, 11) is 3.32. The molecule has 2 aromatic rings. The zero-order valence-electron chi connectivity index (χ0n) is 19.3. The fraction of sp³-hybridized carbons (Fsp3) is 0.520. The zero-order valence-corrected chi connectivity index (χ0v) is 19.3. The summed E-state index contributed by atoms with van der Waals surface area (Å²) in [6.07, 6.45) is 0.871. The average molecular weight is 432 g/mol. The fourth-order valence-electron chi connectivity index (χ4n) is 3.26. The Morgan fingerprint density at radius 1 is 0.968 bits per heavy atom. The lowest BCUT2D eigenvalue weighted by molar-refractivity contribution is -0.0774. The summed E-state index contributed by atoms with van der Waals surface area (Å²) in [5.41, 5.74) is 2.27. The highest BCUT2D eigenvalue weighted by Gasteiger charge is 2.19. The first-order valence-corrected chi connectivity index (χ1v) is 10.9. The Labute approximate surface area is 186 Å². The van der Waals surface area contributed by atoms with Gasteiger partial charge in [-0.3, -0.25) is 0 Å². The third-order valence-electron chi connectivity index (χ3n) is 5.11. The van der Waals surface area contributed by atoms with Gasteiger partial charge in [0.15, 0.2) is 0 Å². The second kappa shape index (κ2) is 14.8. The minimum absolute atomic E-state index is 0.0482. The van der Waals surface area contributed by atoms with E-state index in [0.29, 0.717) is 26.6 Å². The molecular weight excluding hydrogens is 394 g/mol. The van der Waals surface area contributed by atoms with Gasteiger partial charge in [0.25, 0.3) is 0 Å². The van der Waals surface area contributed by atoms with Crippen LogP contribution in [0, 0.1) is 0 Å². The second-order valence-corrected chi connectivity index (χ2v) is 7.34. The van der Waals surface area contributed by atoms with Crippen LogP contribution in [0.15, 0.2) is 48.5 Å². The minimum Gasteiger partial charge on any atom is -0.496 e. The Balaban J connectivity index is 1.72. The summed E-state index contributed by atoms with van der Waals surface area (Å²) >= 11 is 0. The number of hydrogen-bond donors (Lipinski definition) is 1. The molecule has 0 aromatic heterocycles. The van der Waals surface area contributed by atoms with Crippen LogP contribution in [-0.4, -0.2) is 53.4 Å². The van der Waals surface area contributed by atoms with Gasteiger partial charge in [0.1, 0.15) is 18.3 Å². The number of nitrogens with one attached hydrogen (secondary N) is 1. The second-order valence-electron chi connectivity index (χ2n) is 7.34. The summed E-state index contributed by atoms with van der Waals surface area (Å²) in [6.45, 7) is 8.04. The normalized spacial score (nSPS) is 13.0. The fourth-order valence-corrected chi connectivity index (χ4v) is 3.26. The number of methoxy groups -OCH3 is 2. The van der Waals surface area contributed by atoms with Crippen molar-refractivity contribution in [1.29, 1.82) is 0 Å². The molecule has 0 aliphatic heterocycles. The first-order chi connectivity index (χ1) is 15.2. The molecule has 0 saturated carbocycles. The number of rotatable bonds is 16. The van der Waals surface area contributed by atoms with E-state index in [1.165, 1.54) is 5.56 Å². The highest BCUT2D eigenvalue weighted by Crippen LogP contribution is 2.24. The van der Waals surface area contributed by atoms with E-state index >= 15 is 0 Å². The van der Waals surface area contributed by atoms with Gasteiger partial charge in [-0.15, -0.1) is 0 Å². The Morgan fingerprint density at radius 2 is 1.74 bits per heavy atom. The van der Waals surface area contributed by atoms with Crippen molar-refractivity contribution in [2.45, 2.75) is 38.9 Å². The molecule has 0 fully saturated rings. The van der Waals surface area contributed by atoms with Crippen LogP contribution in [-0.2, 0) is 20.8 Å². The Bertz CT molecular complexity index is 714. The standard InChI is InChI=1S/C25H37NO5/c1-5-26-17-25(31-19-27-3)20(2)21-11-13-23(14-12-21)30-16-8-15-29-18-22-9-6-7-10-24(22)28-4/h6-7,9-14,20,25-26H,5,8,15-19H2,1-4H3. The Kier molecular flexibility index (Phi) is 12.0. The number of likely N-dealkylation sites (N-methyl/N-ethyl adjacent to an activating group) is 1. The summed E-state index contributed by atoms with van der Waals surface area (Å²) in [5.74, 6) is 1.96. The van der Waals surface area contributed by atoms with E-state index in [4.69, 9.17) is 23.7 Å². The molecule has 172 valence electrons. The molecule has 0 spiro atoms. The molecule has 0 aliphatic carbocycles. The summed E-state index contributed by atoms with van der Waals surface area (Å²) in [4.78, 5) is 0. The third-order valence-corrected chi connectivity index (χ3v) is 5.11. The summed E-state index contributed by atoms with van der Waals surface area (Å²) in [5, 5.41) is 3.36. The van der Waals surface area contributed by atoms with Crippen LogP contribution in [0.3, 0.4) is 0 Å². The van der Waals surface area contributed by atoms with Crippen LogP contribution in [0.4, 0.5) is 0 Å². The SMILES string of the molecule is CCNCC(OCOC)C(C)c1ccc(OCCCOCc2ccccc2OC)cc1. The minimum atomic E-state index is 0.0482. The number of benzene rings is 2. The van der Waals surface area contributed by atoms with Crippen LogP contribution >= 0.6 is 0 Å². The van der Waals surface area contributed by atoms with Gasteiger partial charge in [-0.2, -0.15) is 0 Å². The van der Waals surface area contributed by atoms with Gasteiger partial charge in [0.05, 0.1) is 33.0 Å². The molecule has 0 amide bonds. The zero-order chi connectivity index (χ0) is 22.3. The number of ether oxygens (including phenoxy) is 5. The van der Waals surface area contributed by atoms with Crippen LogP contribution in [0.5, 0.6) is 11.5 Å². The van der Waals surface area contributed by atoms with E-state index in [2.05, 4.69) is 31.3 Å². The molecule has 6 nitrogen and oxygen atoms in total. The summed E-state index contributed by atoms with van der Waals surface area (Å²) < 4.78 is 27.9. The van der Waals surface area contributed by atoms with E-state index in [0.717, 1.165) is 36.6 Å². The Hall–Kier alpha value is -2.12. The van der Waals surface area contributed by atoms with Crippen molar-refractivity contribution < 1.29 is 23.7 Å². The quantitative estimate of drug-likeness (QED) is 0.314. The monoisotopic (exact) mass is 431 g/mol. The summed E-state index contributed by atoms with van der Waals surface area (Å²) in [6, 6.07) is 16.1. The van der Waals surface area contributed by atoms with E-state index in [9.17, 15) is 0 Å². The van der Waals surface area contributed by atoms with Gasteiger partial charge in [0.2, 0.25) is 0 Å². The van der Waals surface area contributed by atoms with Crippen molar-refractivity contribution in [2.75, 3.05) is 47.3 Å². The lowest BCUT2D eigenvalue weighted by Crippen LogP contribution is -2.33. The predicted octanol–water partition coefficient (Wildman–Crippen LogP) is 4.38. The largest absolute Gasteiger partial charge is 0.496 e. The van der Waals surface area contributed by atoms with E-state index in [1.807, 2.05) is 36.4 Å². The van der Waals surface area contributed by atoms with Crippen LogP contribution in [0.1, 0.15) is 37.3 Å². The molecule has 1 N–H and O–H groups in total. The van der Waals surface area contributed by atoms with Crippen molar-refractivity contribution in [3.8, 4) is 11.5 Å². The topological polar surface area (TPSA) is 58.2 Å². The maximum Gasteiger partial charge on any atom is 0.146 e. The molecule has 2 rings (SSSR count). The molecular formula is C25H37NO5.